The molecule has 322 valence electrons. The maximum absolute atomic E-state index is 6.03. The third-order valence-corrected chi connectivity index (χ3v) is 15.0. The molecule has 0 amide bonds. The van der Waals surface area contributed by atoms with Crippen molar-refractivity contribution in [2.24, 2.45) is 22.7 Å². The van der Waals surface area contributed by atoms with Crippen molar-refractivity contribution in [1.29, 1.82) is 0 Å². The van der Waals surface area contributed by atoms with Gasteiger partial charge in [-0.05, 0) is 135 Å². The zero-order chi connectivity index (χ0) is 40.0. The average molecular weight is 805 g/mol. The predicted octanol–water partition coefficient (Wildman–Crippen LogP) is 9.31. The fourth-order valence-corrected chi connectivity index (χ4v) is 11.5. The first-order valence-electron chi connectivity index (χ1n) is 23.1. The average Bonchev–Trinajstić information content (AvgIpc) is 3.24. The maximum Gasteiger partial charge on any atom is 0.157 e. The number of aromatic nitrogens is 2. The van der Waals surface area contributed by atoms with E-state index in [1.165, 1.54) is 48.2 Å². The lowest BCUT2D eigenvalue weighted by atomic mass is 9.44. The molecule has 8 atom stereocenters. The molecule has 0 radical (unpaired) electrons. The van der Waals surface area contributed by atoms with Gasteiger partial charge in [0.05, 0.1) is 64.2 Å². The summed E-state index contributed by atoms with van der Waals surface area (Å²) in [4.78, 5) is 11.0. The molecular weight excluding hydrogens is 733 g/mol. The summed E-state index contributed by atoms with van der Waals surface area (Å²) in [7, 11) is 0. The van der Waals surface area contributed by atoms with E-state index in [1.54, 1.807) is 0 Å². The van der Waals surface area contributed by atoms with Crippen LogP contribution in [-0.4, -0.2) is 102 Å². The summed E-state index contributed by atoms with van der Waals surface area (Å²) >= 11 is 0. The lowest BCUT2D eigenvalue weighted by Crippen LogP contribution is -2.51. The van der Waals surface area contributed by atoms with Crippen molar-refractivity contribution in [1.82, 2.24) is 9.97 Å². The largest absolute Gasteiger partial charge is 0.379 e. The lowest BCUT2D eigenvalue weighted by Gasteiger charge is -2.60. The predicted molar refractivity (Wildman–Crippen MR) is 223 cm³/mol. The van der Waals surface area contributed by atoms with Gasteiger partial charge in [0.1, 0.15) is 0 Å². The molecule has 2 aliphatic heterocycles. The van der Waals surface area contributed by atoms with Gasteiger partial charge in [0.15, 0.2) is 12.6 Å². The van der Waals surface area contributed by atoms with Crippen molar-refractivity contribution in [3.05, 3.63) is 46.8 Å². The van der Waals surface area contributed by atoms with Crippen LogP contribution in [0, 0.1) is 22.7 Å². The summed E-state index contributed by atoms with van der Waals surface area (Å²) in [6, 6.07) is 9.29. The zero-order valence-corrected chi connectivity index (χ0v) is 36.1. The lowest BCUT2D eigenvalue weighted by molar-refractivity contribution is -0.169. The molecule has 2 aromatic rings. The van der Waals surface area contributed by atoms with Crippen molar-refractivity contribution in [3.8, 4) is 11.4 Å². The van der Waals surface area contributed by atoms with Crippen molar-refractivity contribution >= 4 is 0 Å². The van der Waals surface area contributed by atoms with E-state index in [0.717, 1.165) is 89.2 Å². The molecule has 2 aromatic heterocycles. The number of hydrogen-bond donors (Lipinski definition) is 0. The summed E-state index contributed by atoms with van der Waals surface area (Å²) < 4.78 is 46.4. The Morgan fingerprint density at radius 2 is 0.948 bits per heavy atom. The Morgan fingerprint density at radius 3 is 1.34 bits per heavy atom. The Hall–Kier alpha value is -2.02. The topological polar surface area (TPSA) is 99.6 Å². The number of pyridine rings is 2. The molecule has 0 aromatic carbocycles. The van der Waals surface area contributed by atoms with Crippen LogP contribution >= 0.6 is 0 Å². The molecule has 8 aliphatic rings. The van der Waals surface area contributed by atoms with E-state index in [1.807, 2.05) is 0 Å². The highest BCUT2D eigenvalue weighted by Gasteiger charge is 2.58. The molecule has 0 N–H and O–H groups in total. The first-order valence-corrected chi connectivity index (χ1v) is 23.1. The fourth-order valence-electron chi connectivity index (χ4n) is 11.5. The number of rotatable bonds is 23. The minimum absolute atomic E-state index is 0.0585. The number of ether oxygens (including phenoxy) is 8. The quantitative estimate of drug-likeness (QED) is 0.101. The van der Waals surface area contributed by atoms with Crippen LogP contribution < -0.4 is 0 Å². The highest BCUT2D eigenvalue weighted by molar-refractivity contribution is 5.59. The van der Waals surface area contributed by atoms with Crippen LogP contribution in [0.3, 0.4) is 0 Å². The Bertz CT molecular complexity index is 1490. The molecule has 10 nitrogen and oxygen atoms in total. The summed E-state index contributed by atoms with van der Waals surface area (Å²) in [5, 5.41) is 0. The van der Waals surface area contributed by atoms with Crippen LogP contribution in [0.2, 0.25) is 0 Å². The van der Waals surface area contributed by atoms with E-state index >= 15 is 0 Å². The van der Waals surface area contributed by atoms with Gasteiger partial charge in [0.25, 0.3) is 0 Å². The van der Waals surface area contributed by atoms with Crippen LogP contribution in [0.25, 0.3) is 11.4 Å². The number of hydrogen-bond acceptors (Lipinski definition) is 10. The van der Waals surface area contributed by atoms with Gasteiger partial charge in [-0.1, -0.05) is 39.8 Å². The smallest absolute Gasteiger partial charge is 0.157 e. The second-order valence-electron chi connectivity index (χ2n) is 19.1. The third kappa shape index (κ3) is 9.55. The van der Waals surface area contributed by atoms with Crippen molar-refractivity contribution in [2.75, 3.05) is 79.3 Å². The van der Waals surface area contributed by atoms with Gasteiger partial charge in [0.2, 0.25) is 0 Å². The van der Waals surface area contributed by atoms with Crippen LogP contribution in [0.4, 0.5) is 0 Å². The van der Waals surface area contributed by atoms with Crippen LogP contribution in [0.15, 0.2) is 24.3 Å². The highest BCUT2D eigenvalue weighted by Crippen LogP contribution is 2.68. The molecule has 2 unspecified atom stereocenters. The van der Waals surface area contributed by atoms with Crippen LogP contribution in [0.5, 0.6) is 0 Å². The van der Waals surface area contributed by atoms with Gasteiger partial charge in [-0.15, -0.1) is 0 Å². The van der Waals surface area contributed by atoms with E-state index in [-0.39, 0.29) is 12.6 Å². The normalized spacial score (nSPS) is 30.2. The van der Waals surface area contributed by atoms with Gasteiger partial charge in [-0.2, -0.15) is 0 Å². The SMILES string of the molecule is CC1(C)[C@@H]2C[C@H]1c1ccc(-c3ccc4c(n3)[C@@H](CCCOCCOCCOC3CCCCO3)[C@H]3C[C@@H]4C3(C)C)nc1[C@H]2CCCOCCOCCOC1CCCCO1. The summed E-state index contributed by atoms with van der Waals surface area (Å²) in [6.07, 6.45) is 13.3. The van der Waals surface area contributed by atoms with E-state index in [0.29, 0.717) is 99.2 Å². The third-order valence-electron chi connectivity index (χ3n) is 15.0. The first-order chi connectivity index (χ1) is 28.3. The molecule has 4 fully saturated rings. The molecular formula is C48H72N2O8. The van der Waals surface area contributed by atoms with E-state index < -0.39 is 0 Å². The fraction of sp³-hybridized carbons (Fsp3) is 0.792. The Balaban J connectivity index is 0.821. The first kappa shape index (κ1) is 42.7. The molecule has 58 heavy (non-hydrogen) atoms. The van der Waals surface area contributed by atoms with Crippen LogP contribution in [0.1, 0.15) is 151 Å². The van der Waals surface area contributed by atoms with E-state index in [2.05, 4.69) is 52.0 Å². The van der Waals surface area contributed by atoms with Crippen molar-refractivity contribution < 1.29 is 37.9 Å². The molecule has 10 rings (SSSR count). The van der Waals surface area contributed by atoms with Crippen molar-refractivity contribution in [3.63, 3.8) is 0 Å². The minimum Gasteiger partial charge on any atom is -0.379 e. The molecule has 10 heteroatoms. The number of nitrogens with zero attached hydrogens (tertiary/aromatic N) is 2. The Labute approximate surface area is 348 Å². The monoisotopic (exact) mass is 805 g/mol. The molecule has 4 bridgehead atoms. The summed E-state index contributed by atoms with van der Waals surface area (Å²) in [5.74, 6) is 3.39. The minimum atomic E-state index is -0.0585. The van der Waals surface area contributed by atoms with Crippen molar-refractivity contribution in [2.45, 2.75) is 141 Å². The summed E-state index contributed by atoms with van der Waals surface area (Å²) in [6.45, 7) is 17.7. The molecule has 4 heterocycles. The highest BCUT2D eigenvalue weighted by atomic mass is 16.7. The van der Waals surface area contributed by atoms with Crippen LogP contribution in [-0.2, 0) is 37.9 Å². The second-order valence-corrected chi connectivity index (χ2v) is 19.1. The Morgan fingerprint density at radius 1 is 0.534 bits per heavy atom. The molecule has 0 spiro atoms. The maximum atomic E-state index is 6.03. The van der Waals surface area contributed by atoms with Gasteiger partial charge >= 0.3 is 0 Å². The van der Waals surface area contributed by atoms with E-state index in [9.17, 15) is 0 Å². The van der Waals surface area contributed by atoms with Gasteiger partial charge in [0, 0.05) is 49.7 Å². The zero-order valence-electron chi connectivity index (χ0n) is 36.1. The van der Waals surface area contributed by atoms with Gasteiger partial charge < -0.3 is 37.9 Å². The van der Waals surface area contributed by atoms with Gasteiger partial charge in [-0.25, -0.2) is 0 Å². The molecule has 2 saturated carbocycles. The van der Waals surface area contributed by atoms with Gasteiger partial charge in [-0.3, -0.25) is 9.97 Å². The van der Waals surface area contributed by atoms with E-state index in [4.69, 9.17) is 47.9 Å². The molecule has 2 saturated heterocycles. The molecule has 6 aliphatic carbocycles. The second kappa shape index (κ2) is 19.8. The Kier molecular flexibility index (Phi) is 14.6. The summed E-state index contributed by atoms with van der Waals surface area (Å²) in [5.41, 5.74) is 8.21. The standard InChI is InChI=1S/C48H72N2O8/c1-47(2)37-31-39(47)35-15-17-41(49-45(35)33(37)11-9-19-51-23-25-53-27-29-57-43-13-5-7-21-55-43)42-18-16-36-40-32-38(48(40,3)4)34(46(36)50-42)12-10-20-52-24-26-54-28-30-58-44-14-6-8-22-56-44/h15-18,33-34,37-40,43-44H,5-14,19-32H2,1-4H3/t33-,34-,37+,38+,39-,40-,43?,44?/m0/s1.